The van der Waals surface area contributed by atoms with Gasteiger partial charge in [-0.25, -0.2) is 0 Å². The van der Waals surface area contributed by atoms with Crippen LogP contribution in [0.4, 0.5) is 0 Å². The van der Waals surface area contributed by atoms with E-state index in [1.165, 1.54) is 7.11 Å². The van der Waals surface area contributed by atoms with Crippen molar-refractivity contribution in [1.82, 2.24) is 0 Å². The minimum absolute atomic E-state index is 0.123. The monoisotopic (exact) mass is 239 g/mol. The number of hydrogen-bond donors (Lipinski definition) is 0. The molecular weight excluding hydrogens is 222 g/mol. The van der Waals surface area contributed by atoms with Crippen LogP contribution in [0.15, 0.2) is 0 Å². The first-order valence-electron chi connectivity index (χ1n) is 6.23. The van der Waals surface area contributed by atoms with E-state index in [4.69, 9.17) is 4.74 Å². The highest BCUT2D eigenvalue weighted by molar-refractivity contribution is 5.77. The number of carbonyl (C=O) groups excluding carboxylic acids is 1. The number of nitrogens with zero attached hydrogens (tertiary/aromatic N) is 1. The summed E-state index contributed by atoms with van der Waals surface area (Å²) in [6.45, 7) is 0. The van der Waals surface area contributed by atoms with Gasteiger partial charge in [0.25, 0.3) is 0 Å². The Bertz CT molecular complexity index is 378. The molecule has 4 aliphatic carbocycles. The molecule has 4 bridgehead atoms. The van der Waals surface area contributed by atoms with Crippen molar-refractivity contribution in [2.45, 2.75) is 44.1 Å². The average molecular weight is 239 g/mol. The Hall–Kier alpha value is -1.13. The smallest absolute Gasteiger partial charge is 0.312 e. The summed E-state index contributed by atoms with van der Waals surface area (Å²) in [5.41, 5.74) is -1.38. The molecule has 5 nitrogen and oxygen atoms in total. The van der Waals surface area contributed by atoms with Gasteiger partial charge in [0.15, 0.2) is 0 Å². The molecule has 94 valence electrons. The Labute approximate surface area is 99.7 Å². The van der Waals surface area contributed by atoms with Crippen LogP contribution in [0.2, 0.25) is 0 Å². The zero-order chi connectivity index (χ0) is 12.3. The van der Waals surface area contributed by atoms with Crippen LogP contribution < -0.4 is 0 Å². The average Bonchev–Trinajstić information content (AvgIpc) is 2.26. The fourth-order valence-corrected chi connectivity index (χ4v) is 4.88. The summed E-state index contributed by atoms with van der Waals surface area (Å²) in [5.74, 6) is 0.472. The highest BCUT2D eigenvalue weighted by Gasteiger charge is 2.66. The Balaban J connectivity index is 2.00. The molecule has 0 radical (unpaired) electrons. The van der Waals surface area contributed by atoms with Crippen LogP contribution in [0.5, 0.6) is 0 Å². The number of carbonyl (C=O) groups is 1. The van der Waals surface area contributed by atoms with E-state index in [2.05, 4.69) is 0 Å². The van der Waals surface area contributed by atoms with Crippen molar-refractivity contribution in [2.24, 2.45) is 17.3 Å². The summed E-state index contributed by atoms with van der Waals surface area (Å²) >= 11 is 0. The van der Waals surface area contributed by atoms with Crippen molar-refractivity contribution < 1.29 is 14.5 Å². The number of esters is 1. The normalized spacial score (nSPS) is 46.9. The summed E-state index contributed by atoms with van der Waals surface area (Å²) in [6.07, 6.45) is 4.38. The summed E-state index contributed by atoms with van der Waals surface area (Å²) in [4.78, 5) is 23.2. The fourth-order valence-electron chi connectivity index (χ4n) is 4.88. The van der Waals surface area contributed by atoms with Gasteiger partial charge in [-0.05, 0) is 31.1 Å². The number of hydrogen-bond acceptors (Lipinski definition) is 4. The minimum Gasteiger partial charge on any atom is -0.469 e. The van der Waals surface area contributed by atoms with Crippen LogP contribution in [0.1, 0.15) is 38.5 Å². The lowest BCUT2D eigenvalue weighted by Gasteiger charge is -2.56. The third-order valence-corrected chi connectivity index (χ3v) is 5.04. The summed E-state index contributed by atoms with van der Waals surface area (Å²) in [7, 11) is 1.39. The maximum atomic E-state index is 12.0. The van der Waals surface area contributed by atoms with Gasteiger partial charge < -0.3 is 4.74 Å². The first kappa shape index (κ1) is 11.0. The van der Waals surface area contributed by atoms with Crippen molar-refractivity contribution >= 4 is 5.97 Å². The minimum atomic E-state index is -0.835. The molecule has 0 aliphatic heterocycles. The van der Waals surface area contributed by atoms with E-state index in [-0.39, 0.29) is 10.9 Å². The second-order valence-electron chi connectivity index (χ2n) is 6.21. The lowest BCUT2D eigenvalue weighted by atomic mass is 9.47. The highest BCUT2D eigenvalue weighted by atomic mass is 16.6. The first-order chi connectivity index (χ1) is 8.00. The van der Waals surface area contributed by atoms with E-state index in [1.54, 1.807) is 0 Å². The summed E-state index contributed by atoms with van der Waals surface area (Å²) < 4.78 is 4.90. The van der Waals surface area contributed by atoms with E-state index >= 15 is 0 Å². The van der Waals surface area contributed by atoms with Gasteiger partial charge in [-0.15, -0.1) is 0 Å². The molecule has 4 rings (SSSR count). The van der Waals surface area contributed by atoms with Gasteiger partial charge in [0, 0.05) is 24.2 Å². The molecule has 0 spiro atoms. The molecule has 17 heavy (non-hydrogen) atoms. The molecule has 0 aromatic heterocycles. The molecule has 5 heteroatoms. The second kappa shape index (κ2) is 3.21. The topological polar surface area (TPSA) is 69.4 Å². The standard InChI is InChI=1S/C12H17NO4/c1-17-10(14)11-3-8-2-9(4-11)6-12(5-8,7-11)13(15)16/h8-9H,2-7H2,1H3. The second-order valence-corrected chi connectivity index (χ2v) is 6.21. The van der Waals surface area contributed by atoms with Crippen LogP contribution >= 0.6 is 0 Å². The SMILES string of the molecule is COC(=O)C12CC3CC(C1)CC([N+](=O)[O-])(C3)C2. The lowest BCUT2D eigenvalue weighted by Crippen LogP contribution is -2.61. The quantitative estimate of drug-likeness (QED) is 0.418. The van der Waals surface area contributed by atoms with Crippen LogP contribution in [-0.2, 0) is 9.53 Å². The molecule has 2 atom stereocenters. The Morgan fingerprint density at radius 2 is 1.88 bits per heavy atom. The van der Waals surface area contributed by atoms with Crippen molar-refractivity contribution in [1.29, 1.82) is 0 Å². The van der Waals surface area contributed by atoms with Gasteiger partial charge in [-0.2, -0.15) is 0 Å². The zero-order valence-electron chi connectivity index (χ0n) is 9.98. The van der Waals surface area contributed by atoms with E-state index in [1.807, 2.05) is 0 Å². The van der Waals surface area contributed by atoms with E-state index < -0.39 is 11.0 Å². The Morgan fingerprint density at radius 1 is 1.29 bits per heavy atom. The van der Waals surface area contributed by atoms with Crippen LogP contribution in [0.3, 0.4) is 0 Å². The number of ether oxygens (including phenoxy) is 1. The highest BCUT2D eigenvalue weighted by Crippen LogP contribution is 2.62. The molecule has 4 saturated carbocycles. The molecule has 0 amide bonds. The van der Waals surface area contributed by atoms with Gasteiger partial charge in [-0.3, -0.25) is 14.9 Å². The van der Waals surface area contributed by atoms with Gasteiger partial charge in [0.05, 0.1) is 12.5 Å². The predicted molar refractivity (Wildman–Crippen MR) is 58.9 cm³/mol. The van der Waals surface area contributed by atoms with Gasteiger partial charge in [-0.1, -0.05) is 0 Å². The van der Waals surface area contributed by atoms with E-state index in [0.29, 0.717) is 31.1 Å². The Kier molecular flexibility index (Phi) is 2.07. The lowest BCUT2D eigenvalue weighted by molar-refractivity contribution is -0.590. The molecule has 0 heterocycles. The van der Waals surface area contributed by atoms with Crippen molar-refractivity contribution in [3.63, 3.8) is 0 Å². The Morgan fingerprint density at radius 3 is 2.35 bits per heavy atom. The molecule has 0 aromatic rings. The van der Waals surface area contributed by atoms with Crippen LogP contribution in [0, 0.1) is 27.4 Å². The van der Waals surface area contributed by atoms with Crippen LogP contribution in [-0.4, -0.2) is 23.5 Å². The van der Waals surface area contributed by atoms with Crippen molar-refractivity contribution in [3.05, 3.63) is 10.1 Å². The fraction of sp³-hybridized carbons (Fsp3) is 0.917. The third-order valence-electron chi connectivity index (χ3n) is 5.04. The molecular formula is C12H17NO4. The summed E-state index contributed by atoms with van der Waals surface area (Å²) in [6, 6.07) is 0. The van der Waals surface area contributed by atoms with Gasteiger partial charge in [0.2, 0.25) is 5.54 Å². The third kappa shape index (κ3) is 1.34. The maximum absolute atomic E-state index is 12.0. The van der Waals surface area contributed by atoms with Crippen molar-refractivity contribution in [3.8, 4) is 0 Å². The van der Waals surface area contributed by atoms with E-state index in [0.717, 1.165) is 19.3 Å². The molecule has 0 saturated heterocycles. The number of methoxy groups -OCH3 is 1. The molecule has 4 fully saturated rings. The van der Waals surface area contributed by atoms with Gasteiger partial charge in [0.1, 0.15) is 0 Å². The van der Waals surface area contributed by atoms with Crippen molar-refractivity contribution in [2.75, 3.05) is 7.11 Å². The largest absolute Gasteiger partial charge is 0.469 e. The zero-order valence-corrected chi connectivity index (χ0v) is 9.98. The molecule has 2 unspecified atom stereocenters. The first-order valence-corrected chi connectivity index (χ1v) is 6.23. The molecule has 4 aliphatic rings. The number of rotatable bonds is 2. The number of nitro groups is 1. The summed E-state index contributed by atoms with van der Waals surface area (Å²) in [5, 5.41) is 11.4. The molecule has 0 aromatic carbocycles. The predicted octanol–water partition coefficient (Wildman–Crippen LogP) is 1.78. The maximum Gasteiger partial charge on any atom is 0.312 e. The van der Waals surface area contributed by atoms with Crippen LogP contribution in [0.25, 0.3) is 0 Å². The molecule has 0 N–H and O–H groups in total. The van der Waals surface area contributed by atoms with E-state index in [9.17, 15) is 14.9 Å². The van der Waals surface area contributed by atoms with Gasteiger partial charge >= 0.3 is 5.97 Å².